The summed E-state index contributed by atoms with van der Waals surface area (Å²) in [7, 11) is 0. The van der Waals surface area contributed by atoms with Gasteiger partial charge in [-0.05, 0) is 0 Å². The van der Waals surface area contributed by atoms with Gasteiger partial charge in [-0.15, -0.1) is 0 Å². The molecule has 1 aliphatic rings. The van der Waals surface area contributed by atoms with E-state index >= 15 is 0 Å². The lowest BCUT2D eigenvalue weighted by Gasteiger charge is -1.91. The number of Topliss-reactive ketones (excluding diaryl/α,β-unsaturated/α-hetero) is 1. The highest BCUT2D eigenvalue weighted by Gasteiger charge is 2.02. The molecule has 1 aliphatic heterocycles. The molecule has 0 spiro atoms. The average molecular weight is 114 g/mol. The SMILES string of the molecule is O=C1COC=COC1. The Morgan fingerprint density at radius 1 is 1.25 bits per heavy atom. The number of ether oxygens (including phenoxy) is 2. The van der Waals surface area contributed by atoms with Gasteiger partial charge in [-0.3, -0.25) is 4.79 Å². The van der Waals surface area contributed by atoms with Gasteiger partial charge in [0.1, 0.15) is 25.7 Å². The third kappa shape index (κ3) is 1.26. The van der Waals surface area contributed by atoms with Gasteiger partial charge in [0.15, 0.2) is 0 Å². The minimum Gasteiger partial charge on any atom is -0.490 e. The van der Waals surface area contributed by atoms with Crippen LogP contribution < -0.4 is 0 Å². The first kappa shape index (κ1) is 5.15. The normalized spacial score (nSPS) is 18.8. The van der Waals surface area contributed by atoms with Crippen LogP contribution in [0.4, 0.5) is 0 Å². The molecule has 0 bridgehead atoms. The van der Waals surface area contributed by atoms with Crippen LogP contribution >= 0.6 is 0 Å². The number of hydrogen-bond acceptors (Lipinski definition) is 3. The molecule has 0 saturated carbocycles. The lowest BCUT2D eigenvalue weighted by molar-refractivity contribution is -0.123. The molecule has 3 nitrogen and oxygen atoms in total. The molecule has 0 atom stereocenters. The zero-order chi connectivity index (χ0) is 5.82. The van der Waals surface area contributed by atoms with Gasteiger partial charge in [-0.2, -0.15) is 0 Å². The first-order chi connectivity index (χ1) is 3.89. The van der Waals surface area contributed by atoms with Crippen LogP contribution in [0.5, 0.6) is 0 Å². The van der Waals surface area contributed by atoms with Gasteiger partial charge in [0, 0.05) is 0 Å². The first-order valence-corrected chi connectivity index (χ1v) is 2.29. The lowest BCUT2D eigenvalue weighted by Crippen LogP contribution is -2.09. The van der Waals surface area contributed by atoms with E-state index in [0.29, 0.717) is 0 Å². The van der Waals surface area contributed by atoms with Gasteiger partial charge >= 0.3 is 0 Å². The Labute approximate surface area is 46.9 Å². The number of rotatable bonds is 0. The summed E-state index contributed by atoms with van der Waals surface area (Å²) in [6, 6.07) is 0. The maximum Gasteiger partial charge on any atom is 0.207 e. The fourth-order valence-electron chi connectivity index (χ4n) is 0.402. The van der Waals surface area contributed by atoms with Gasteiger partial charge in [0.25, 0.3) is 0 Å². The Balaban J connectivity index is 2.39. The minimum absolute atomic E-state index is 0.0324. The summed E-state index contributed by atoms with van der Waals surface area (Å²) >= 11 is 0. The molecular weight excluding hydrogens is 108 g/mol. The van der Waals surface area contributed by atoms with Crippen LogP contribution in [0, 0.1) is 0 Å². The molecule has 0 radical (unpaired) electrons. The van der Waals surface area contributed by atoms with E-state index in [0.717, 1.165) is 0 Å². The van der Waals surface area contributed by atoms with Crippen molar-refractivity contribution >= 4 is 5.78 Å². The van der Waals surface area contributed by atoms with Crippen molar-refractivity contribution < 1.29 is 14.3 Å². The smallest absolute Gasteiger partial charge is 0.207 e. The van der Waals surface area contributed by atoms with Crippen LogP contribution in [-0.2, 0) is 14.3 Å². The van der Waals surface area contributed by atoms with Gasteiger partial charge < -0.3 is 9.47 Å². The molecule has 0 aromatic carbocycles. The fourth-order valence-corrected chi connectivity index (χ4v) is 0.402. The van der Waals surface area contributed by atoms with Crippen molar-refractivity contribution in [3.05, 3.63) is 12.5 Å². The van der Waals surface area contributed by atoms with Gasteiger partial charge in [0.2, 0.25) is 5.78 Å². The molecule has 44 valence electrons. The van der Waals surface area contributed by atoms with Crippen LogP contribution in [0.25, 0.3) is 0 Å². The predicted octanol–water partition coefficient (Wildman–Crippen LogP) is 0.0735. The summed E-state index contributed by atoms with van der Waals surface area (Å²) in [5.41, 5.74) is 0. The van der Waals surface area contributed by atoms with Crippen molar-refractivity contribution in [3.8, 4) is 0 Å². The maximum atomic E-state index is 10.4. The zero-order valence-electron chi connectivity index (χ0n) is 4.29. The van der Waals surface area contributed by atoms with Gasteiger partial charge in [-0.1, -0.05) is 0 Å². The lowest BCUT2D eigenvalue weighted by atomic mass is 10.5. The Morgan fingerprint density at radius 3 is 2.25 bits per heavy atom. The topological polar surface area (TPSA) is 35.5 Å². The Bertz CT molecular complexity index is 105. The maximum absolute atomic E-state index is 10.4. The van der Waals surface area contributed by atoms with Crippen LogP contribution in [0.2, 0.25) is 0 Å². The molecule has 0 aliphatic carbocycles. The highest BCUT2D eigenvalue weighted by molar-refractivity contribution is 5.81. The van der Waals surface area contributed by atoms with Crippen LogP contribution in [0.1, 0.15) is 0 Å². The molecule has 0 unspecified atom stereocenters. The Morgan fingerprint density at radius 2 is 1.75 bits per heavy atom. The van der Waals surface area contributed by atoms with Crippen molar-refractivity contribution in [2.45, 2.75) is 0 Å². The van der Waals surface area contributed by atoms with Gasteiger partial charge in [0.05, 0.1) is 0 Å². The first-order valence-electron chi connectivity index (χ1n) is 2.29. The molecule has 0 aromatic heterocycles. The Hall–Kier alpha value is -0.990. The molecule has 0 fully saturated rings. The van der Waals surface area contributed by atoms with Crippen LogP contribution in [-0.4, -0.2) is 19.0 Å². The third-order valence-corrected chi connectivity index (χ3v) is 0.737. The molecule has 0 N–H and O–H groups in total. The third-order valence-electron chi connectivity index (χ3n) is 0.737. The van der Waals surface area contributed by atoms with Crippen molar-refractivity contribution in [2.24, 2.45) is 0 Å². The molecule has 8 heavy (non-hydrogen) atoms. The zero-order valence-corrected chi connectivity index (χ0v) is 4.29. The van der Waals surface area contributed by atoms with Crippen molar-refractivity contribution in [1.29, 1.82) is 0 Å². The highest BCUT2D eigenvalue weighted by atomic mass is 16.5. The largest absolute Gasteiger partial charge is 0.490 e. The minimum atomic E-state index is -0.0324. The van der Waals surface area contributed by atoms with E-state index in [1.54, 1.807) is 0 Å². The summed E-state index contributed by atoms with van der Waals surface area (Å²) < 4.78 is 9.30. The number of hydrogen-bond donors (Lipinski definition) is 0. The molecule has 3 heteroatoms. The summed E-state index contributed by atoms with van der Waals surface area (Å²) in [6.07, 6.45) is 2.73. The van der Waals surface area contributed by atoms with Crippen LogP contribution in [0.15, 0.2) is 12.5 Å². The van der Waals surface area contributed by atoms with Crippen molar-refractivity contribution in [3.63, 3.8) is 0 Å². The van der Waals surface area contributed by atoms with E-state index in [9.17, 15) is 4.79 Å². The van der Waals surface area contributed by atoms with Crippen molar-refractivity contribution in [1.82, 2.24) is 0 Å². The summed E-state index contributed by atoms with van der Waals surface area (Å²) in [4.78, 5) is 10.4. The summed E-state index contributed by atoms with van der Waals surface area (Å²) in [5, 5.41) is 0. The van der Waals surface area contributed by atoms with E-state index in [4.69, 9.17) is 0 Å². The second kappa shape index (κ2) is 2.35. The second-order valence-electron chi connectivity index (χ2n) is 1.43. The molecule has 1 rings (SSSR count). The number of ketones is 1. The van der Waals surface area contributed by atoms with E-state index in [1.807, 2.05) is 0 Å². The fraction of sp³-hybridized carbons (Fsp3) is 0.400. The monoisotopic (exact) mass is 114 g/mol. The van der Waals surface area contributed by atoms with E-state index < -0.39 is 0 Å². The molecule has 0 amide bonds. The van der Waals surface area contributed by atoms with E-state index in [1.165, 1.54) is 12.5 Å². The standard InChI is InChI=1S/C5H6O3/c6-5-3-7-1-2-8-4-5/h1-2H,3-4H2. The van der Waals surface area contributed by atoms with E-state index in [-0.39, 0.29) is 19.0 Å². The predicted molar refractivity (Wildman–Crippen MR) is 26.1 cm³/mol. The number of carbonyl (C=O) groups excluding carboxylic acids is 1. The summed E-state index contributed by atoms with van der Waals surface area (Å²) in [6.45, 7) is 0.271. The molecular formula is C5H6O3. The average Bonchev–Trinajstić information content (AvgIpc) is 1.94. The van der Waals surface area contributed by atoms with Gasteiger partial charge in [-0.25, -0.2) is 0 Å². The number of carbonyl (C=O) groups is 1. The van der Waals surface area contributed by atoms with Crippen LogP contribution in [0.3, 0.4) is 0 Å². The summed E-state index contributed by atoms with van der Waals surface area (Å²) in [5.74, 6) is -0.0324. The molecule has 0 saturated heterocycles. The quantitative estimate of drug-likeness (QED) is 0.447. The highest BCUT2D eigenvalue weighted by Crippen LogP contribution is 1.88. The second-order valence-corrected chi connectivity index (χ2v) is 1.43. The molecule has 1 heterocycles. The molecule has 0 aromatic rings. The van der Waals surface area contributed by atoms with E-state index in [2.05, 4.69) is 9.47 Å². The Kier molecular flexibility index (Phi) is 1.51. The van der Waals surface area contributed by atoms with Crippen molar-refractivity contribution in [2.75, 3.05) is 13.2 Å².